The molecule has 1 fully saturated rings. The van der Waals surface area contributed by atoms with Crippen molar-refractivity contribution < 1.29 is 0 Å². The van der Waals surface area contributed by atoms with Crippen LogP contribution in [0.5, 0.6) is 0 Å². The molecule has 0 bridgehead atoms. The van der Waals surface area contributed by atoms with E-state index in [4.69, 9.17) is 5.73 Å². The van der Waals surface area contributed by atoms with Crippen molar-refractivity contribution in [2.45, 2.75) is 32.7 Å². The largest absolute Gasteiger partial charge is 0.384 e. The summed E-state index contributed by atoms with van der Waals surface area (Å²) in [4.78, 5) is 13.2. The van der Waals surface area contributed by atoms with E-state index in [1.807, 2.05) is 7.05 Å². The predicted octanol–water partition coefficient (Wildman–Crippen LogP) is 1.62. The Hall–Kier alpha value is -1.36. The van der Waals surface area contributed by atoms with E-state index in [1.165, 1.54) is 25.9 Å². The Balaban J connectivity index is 1.93. The summed E-state index contributed by atoms with van der Waals surface area (Å²) in [5.41, 5.74) is 5.71. The first-order chi connectivity index (χ1) is 9.06. The number of piperidine rings is 1. The van der Waals surface area contributed by atoms with Crippen molar-refractivity contribution in [3.8, 4) is 0 Å². The third-order valence-electron chi connectivity index (χ3n) is 3.82. The minimum atomic E-state index is 0.532. The molecule has 2 rings (SSSR count). The molecule has 1 aliphatic rings. The van der Waals surface area contributed by atoms with E-state index >= 15 is 0 Å². The van der Waals surface area contributed by atoms with Crippen LogP contribution in [0.25, 0.3) is 0 Å². The molecule has 0 spiro atoms. The fraction of sp³-hybridized carbons (Fsp3) is 0.714. The summed E-state index contributed by atoms with van der Waals surface area (Å²) in [5.74, 6) is 1.94. The zero-order valence-electron chi connectivity index (χ0n) is 12.2. The maximum atomic E-state index is 5.71. The topological polar surface area (TPSA) is 58.3 Å². The highest BCUT2D eigenvalue weighted by Gasteiger charge is 2.23. The molecule has 106 valence electrons. The summed E-state index contributed by atoms with van der Waals surface area (Å²) in [6, 6.07) is 2.36. The second-order valence-corrected chi connectivity index (χ2v) is 5.76. The van der Waals surface area contributed by atoms with Gasteiger partial charge in [-0.15, -0.1) is 0 Å². The average Bonchev–Trinajstić information content (AvgIpc) is 2.39. The fourth-order valence-corrected chi connectivity index (χ4v) is 2.73. The van der Waals surface area contributed by atoms with E-state index < -0.39 is 0 Å². The van der Waals surface area contributed by atoms with Crippen molar-refractivity contribution in [3.63, 3.8) is 0 Å². The number of nitrogens with two attached hydrogens (primary N) is 1. The fourth-order valence-electron chi connectivity index (χ4n) is 2.73. The standard InChI is InChI=1S/C14H25N5/c1-11(2)19-8-4-5-12(10-19)9-18(3)14-16-7-6-13(15)17-14/h6-7,11-12H,4-5,8-10H2,1-3H3,(H2,15,16,17)/t12-/m0/s1. The Labute approximate surface area is 115 Å². The lowest BCUT2D eigenvalue weighted by Gasteiger charge is -2.37. The Morgan fingerprint density at radius 3 is 3.00 bits per heavy atom. The molecule has 1 atom stereocenters. The summed E-state index contributed by atoms with van der Waals surface area (Å²) in [7, 11) is 2.04. The van der Waals surface area contributed by atoms with Crippen molar-refractivity contribution in [2.75, 3.05) is 37.3 Å². The monoisotopic (exact) mass is 263 g/mol. The van der Waals surface area contributed by atoms with Gasteiger partial charge in [0.2, 0.25) is 5.95 Å². The molecule has 5 heteroatoms. The molecule has 0 amide bonds. The minimum absolute atomic E-state index is 0.532. The van der Waals surface area contributed by atoms with Crippen molar-refractivity contribution in [1.82, 2.24) is 14.9 Å². The highest BCUT2D eigenvalue weighted by Crippen LogP contribution is 2.20. The van der Waals surface area contributed by atoms with Gasteiger partial charge in [-0.3, -0.25) is 0 Å². The lowest BCUT2D eigenvalue weighted by Crippen LogP contribution is -2.43. The number of nitrogen functional groups attached to an aromatic ring is 1. The molecule has 5 nitrogen and oxygen atoms in total. The predicted molar refractivity (Wildman–Crippen MR) is 79.1 cm³/mol. The number of aromatic nitrogens is 2. The first-order valence-corrected chi connectivity index (χ1v) is 7.10. The van der Waals surface area contributed by atoms with Gasteiger partial charge in [0.1, 0.15) is 5.82 Å². The van der Waals surface area contributed by atoms with E-state index in [0.29, 0.717) is 17.8 Å². The molecule has 0 radical (unpaired) electrons. The Morgan fingerprint density at radius 2 is 2.32 bits per heavy atom. The number of hydrogen-bond donors (Lipinski definition) is 1. The highest BCUT2D eigenvalue weighted by atomic mass is 15.2. The molecule has 0 unspecified atom stereocenters. The van der Waals surface area contributed by atoms with Crippen LogP contribution >= 0.6 is 0 Å². The maximum Gasteiger partial charge on any atom is 0.226 e. The second-order valence-electron chi connectivity index (χ2n) is 5.76. The van der Waals surface area contributed by atoms with Gasteiger partial charge in [0, 0.05) is 32.4 Å². The van der Waals surface area contributed by atoms with Crippen molar-refractivity contribution >= 4 is 11.8 Å². The van der Waals surface area contributed by atoms with Crippen LogP contribution in [0.2, 0.25) is 0 Å². The zero-order valence-corrected chi connectivity index (χ0v) is 12.2. The van der Waals surface area contributed by atoms with E-state index in [1.54, 1.807) is 12.3 Å². The highest BCUT2D eigenvalue weighted by molar-refractivity contribution is 5.36. The van der Waals surface area contributed by atoms with Crippen LogP contribution in [0.4, 0.5) is 11.8 Å². The van der Waals surface area contributed by atoms with Crippen LogP contribution in [-0.2, 0) is 0 Å². The molecule has 0 saturated carbocycles. The van der Waals surface area contributed by atoms with Crippen molar-refractivity contribution in [1.29, 1.82) is 0 Å². The van der Waals surface area contributed by atoms with Gasteiger partial charge >= 0.3 is 0 Å². The third kappa shape index (κ3) is 3.80. The number of nitrogens with zero attached hydrogens (tertiary/aromatic N) is 4. The molecule has 0 aromatic carbocycles. The lowest BCUT2D eigenvalue weighted by atomic mass is 9.96. The van der Waals surface area contributed by atoms with Gasteiger partial charge in [-0.1, -0.05) is 0 Å². The quantitative estimate of drug-likeness (QED) is 0.894. The summed E-state index contributed by atoms with van der Waals surface area (Å²) < 4.78 is 0. The van der Waals surface area contributed by atoms with Crippen molar-refractivity contribution in [3.05, 3.63) is 12.3 Å². The molecular weight excluding hydrogens is 238 g/mol. The molecule has 2 heterocycles. The van der Waals surface area contributed by atoms with Crippen LogP contribution in [0.15, 0.2) is 12.3 Å². The van der Waals surface area contributed by atoms with Crippen LogP contribution < -0.4 is 10.6 Å². The number of rotatable bonds is 4. The molecule has 19 heavy (non-hydrogen) atoms. The smallest absolute Gasteiger partial charge is 0.226 e. The van der Waals surface area contributed by atoms with Gasteiger partial charge < -0.3 is 15.5 Å². The lowest BCUT2D eigenvalue weighted by molar-refractivity contribution is 0.142. The first-order valence-electron chi connectivity index (χ1n) is 7.10. The zero-order chi connectivity index (χ0) is 13.8. The molecule has 1 aliphatic heterocycles. The first kappa shape index (κ1) is 14.1. The van der Waals surface area contributed by atoms with Gasteiger partial charge in [-0.05, 0) is 45.2 Å². The summed E-state index contributed by atoms with van der Waals surface area (Å²) >= 11 is 0. The number of likely N-dealkylation sites (tertiary alicyclic amines) is 1. The summed E-state index contributed by atoms with van der Waals surface area (Å²) in [6.07, 6.45) is 4.29. The molecule has 1 aromatic heterocycles. The SMILES string of the molecule is CC(C)N1CCC[C@@H](CN(C)c2nccc(N)n2)C1. The molecule has 2 N–H and O–H groups in total. The minimum Gasteiger partial charge on any atom is -0.384 e. The Morgan fingerprint density at radius 1 is 1.53 bits per heavy atom. The van der Waals surface area contributed by atoms with Crippen LogP contribution in [0, 0.1) is 5.92 Å². The Bertz CT molecular complexity index is 407. The number of hydrogen-bond acceptors (Lipinski definition) is 5. The second kappa shape index (κ2) is 6.19. The van der Waals surface area contributed by atoms with Crippen LogP contribution in [0.1, 0.15) is 26.7 Å². The number of anilines is 2. The summed E-state index contributed by atoms with van der Waals surface area (Å²) in [5, 5.41) is 0. The van der Waals surface area contributed by atoms with Crippen molar-refractivity contribution in [2.24, 2.45) is 5.92 Å². The van der Waals surface area contributed by atoms with E-state index in [-0.39, 0.29) is 0 Å². The molecule has 0 aliphatic carbocycles. The third-order valence-corrected chi connectivity index (χ3v) is 3.82. The van der Waals surface area contributed by atoms with Gasteiger partial charge in [-0.25, -0.2) is 4.98 Å². The van der Waals surface area contributed by atoms with Gasteiger partial charge in [0.15, 0.2) is 0 Å². The normalized spacial score (nSPS) is 20.7. The van der Waals surface area contributed by atoms with Crippen LogP contribution in [0.3, 0.4) is 0 Å². The van der Waals surface area contributed by atoms with Gasteiger partial charge in [-0.2, -0.15) is 4.98 Å². The average molecular weight is 263 g/mol. The van der Waals surface area contributed by atoms with Gasteiger partial charge in [0.25, 0.3) is 0 Å². The Kier molecular flexibility index (Phi) is 4.58. The van der Waals surface area contributed by atoms with E-state index in [0.717, 1.165) is 12.5 Å². The van der Waals surface area contributed by atoms with E-state index in [2.05, 4.69) is 33.6 Å². The van der Waals surface area contributed by atoms with Gasteiger partial charge in [0.05, 0.1) is 0 Å². The maximum absolute atomic E-state index is 5.71. The molecule has 1 aromatic rings. The van der Waals surface area contributed by atoms with E-state index in [9.17, 15) is 0 Å². The van der Waals surface area contributed by atoms with Crippen LogP contribution in [-0.4, -0.2) is 47.6 Å². The summed E-state index contributed by atoms with van der Waals surface area (Å²) in [6.45, 7) is 7.93. The molecule has 1 saturated heterocycles. The molecular formula is C14H25N5.